The molecule has 2 aromatic rings. The van der Waals surface area contributed by atoms with Crippen LogP contribution in [0.5, 0.6) is 0 Å². The number of likely N-dealkylation sites (tertiary alicyclic amines) is 1. The maximum atomic E-state index is 13.0. The minimum atomic E-state index is 0.0194. The topological polar surface area (TPSA) is 49.6 Å². The summed E-state index contributed by atoms with van der Waals surface area (Å²) in [5, 5.41) is 3.88. The Kier molecular flexibility index (Phi) is 3.23. The molecule has 1 amide bonds. The lowest BCUT2D eigenvalue weighted by atomic mass is 9.75. The summed E-state index contributed by atoms with van der Waals surface area (Å²) in [5.41, 5.74) is 1.77. The summed E-state index contributed by atoms with van der Waals surface area (Å²) in [4.78, 5) is 17.7. The maximum Gasteiger partial charge on any atom is 0.276 e. The summed E-state index contributed by atoms with van der Waals surface area (Å²) in [6.07, 6.45) is 3.88. The summed E-state index contributed by atoms with van der Waals surface area (Å²) < 4.78 is 4.90. The van der Waals surface area contributed by atoms with E-state index in [4.69, 9.17) is 4.52 Å². The second-order valence-corrected chi connectivity index (χ2v) is 7.21. The first kappa shape index (κ1) is 14.2. The van der Waals surface area contributed by atoms with Crippen LogP contribution in [-0.4, -0.2) is 52.6 Å². The minimum Gasteiger partial charge on any atom is -0.364 e. The van der Waals surface area contributed by atoms with Gasteiger partial charge < -0.3 is 9.42 Å². The summed E-state index contributed by atoms with van der Waals surface area (Å²) in [5.74, 6) is 1.02. The molecule has 4 aliphatic rings. The van der Waals surface area contributed by atoms with Crippen molar-refractivity contribution < 1.29 is 9.32 Å². The highest BCUT2D eigenvalue weighted by Gasteiger charge is 2.54. The number of carbonyl (C=O) groups is 1. The largest absolute Gasteiger partial charge is 0.364 e. The molecule has 5 heterocycles. The third-order valence-corrected chi connectivity index (χ3v) is 6.14. The van der Waals surface area contributed by atoms with Gasteiger partial charge in [0.2, 0.25) is 0 Å². The molecule has 2 bridgehead atoms. The van der Waals surface area contributed by atoms with Gasteiger partial charge in [0.1, 0.15) is 6.26 Å². The van der Waals surface area contributed by atoms with Gasteiger partial charge in [0.15, 0.2) is 5.69 Å². The van der Waals surface area contributed by atoms with Gasteiger partial charge in [0.25, 0.3) is 5.91 Å². The molecule has 0 saturated carbocycles. The average Bonchev–Trinajstić information content (AvgIpc) is 3.32. The van der Waals surface area contributed by atoms with E-state index in [1.54, 1.807) is 6.07 Å². The molecule has 4 saturated heterocycles. The number of rotatable bonds is 2. The zero-order chi connectivity index (χ0) is 16.1. The van der Waals surface area contributed by atoms with Crippen LogP contribution in [0.25, 0.3) is 0 Å². The molecular weight excluding hydrogens is 302 g/mol. The lowest BCUT2D eigenvalue weighted by molar-refractivity contribution is -0.00368. The number of nitrogens with zero attached hydrogens (tertiary/aromatic N) is 3. The number of aromatic nitrogens is 1. The molecule has 4 fully saturated rings. The number of fused-ring (bicyclic) bond motifs is 2. The molecule has 0 N–H and O–H groups in total. The van der Waals surface area contributed by atoms with E-state index >= 15 is 0 Å². The van der Waals surface area contributed by atoms with E-state index in [0.717, 1.165) is 6.54 Å². The highest BCUT2D eigenvalue weighted by atomic mass is 16.5. The Bertz CT molecular complexity index is 722. The molecule has 6 rings (SSSR count). The van der Waals surface area contributed by atoms with E-state index in [9.17, 15) is 4.79 Å². The van der Waals surface area contributed by atoms with Gasteiger partial charge in [-0.2, -0.15) is 0 Å². The van der Waals surface area contributed by atoms with Crippen molar-refractivity contribution in [1.82, 2.24) is 15.0 Å². The van der Waals surface area contributed by atoms with Gasteiger partial charge in [-0.25, -0.2) is 0 Å². The number of amides is 1. The van der Waals surface area contributed by atoms with Gasteiger partial charge in [-0.1, -0.05) is 35.5 Å². The van der Waals surface area contributed by atoms with Gasteiger partial charge in [0, 0.05) is 24.6 Å². The van der Waals surface area contributed by atoms with Gasteiger partial charge in [0.05, 0.1) is 6.04 Å². The number of piperidine rings is 3. The number of carbonyl (C=O) groups excluding carboxylic acids is 1. The summed E-state index contributed by atoms with van der Waals surface area (Å²) in [6.45, 7) is 3.11. The lowest BCUT2D eigenvalue weighted by Gasteiger charge is -2.51. The van der Waals surface area contributed by atoms with Gasteiger partial charge in [-0.05, 0) is 37.4 Å². The fourth-order valence-corrected chi connectivity index (χ4v) is 5.12. The average molecular weight is 323 g/mol. The third-order valence-electron chi connectivity index (χ3n) is 6.14. The Labute approximate surface area is 141 Å². The predicted molar refractivity (Wildman–Crippen MR) is 88.6 cm³/mol. The van der Waals surface area contributed by atoms with Crippen LogP contribution in [0.2, 0.25) is 0 Å². The maximum absolute atomic E-state index is 13.0. The molecule has 0 spiro atoms. The van der Waals surface area contributed by atoms with Gasteiger partial charge in [-0.3, -0.25) is 9.69 Å². The summed E-state index contributed by atoms with van der Waals surface area (Å²) >= 11 is 0. The second-order valence-electron chi connectivity index (χ2n) is 7.21. The zero-order valence-electron chi connectivity index (χ0n) is 13.5. The van der Waals surface area contributed by atoms with Gasteiger partial charge in [-0.15, -0.1) is 0 Å². The van der Waals surface area contributed by atoms with Crippen LogP contribution < -0.4 is 0 Å². The van der Waals surface area contributed by atoms with Crippen LogP contribution >= 0.6 is 0 Å². The number of hydrogen-bond acceptors (Lipinski definition) is 4. The first-order valence-electron chi connectivity index (χ1n) is 8.83. The van der Waals surface area contributed by atoms with Crippen LogP contribution in [0.4, 0.5) is 0 Å². The normalized spacial score (nSPS) is 34.3. The molecule has 0 unspecified atom stereocenters. The summed E-state index contributed by atoms with van der Waals surface area (Å²) in [6, 6.07) is 13.1. The van der Waals surface area contributed by atoms with Crippen LogP contribution in [0.15, 0.2) is 47.2 Å². The SMILES string of the molecule is O=C(c1ccon1)N1C[C@H](c2ccccc2)[C@@H]2[C@H]1C1CCN2CC1. The monoisotopic (exact) mass is 323 g/mol. The Morgan fingerprint density at radius 1 is 1.08 bits per heavy atom. The molecule has 3 atom stereocenters. The van der Waals surface area contributed by atoms with Crippen molar-refractivity contribution in [3.05, 3.63) is 53.9 Å². The molecule has 24 heavy (non-hydrogen) atoms. The number of hydrogen-bond donors (Lipinski definition) is 0. The molecular formula is C19H21N3O2. The van der Waals surface area contributed by atoms with Crippen molar-refractivity contribution in [3.63, 3.8) is 0 Å². The second kappa shape index (κ2) is 5.45. The molecule has 1 aromatic heterocycles. The Morgan fingerprint density at radius 2 is 1.88 bits per heavy atom. The van der Waals surface area contributed by atoms with Crippen molar-refractivity contribution in [2.45, 2.75) is 30.8 Å². The van der Waals surface area contributed by atoms with Crippen molar-refractivity contribution in [1.29, 1.82) is 0 Å². The van der Waals surface area contributed by atoms with Crippen LogP contribution in [0, 0.1) is 5.92 Å². The third kappa shape index (κ3) is 2.04. The molecule has 5 heteroatoms. The van der Waals surface area contributed by atoms with Crippen molar-refractivity contribution >= 4 is 5.91 Å². The van der Waals surface area contributed by atoms with E-state index in [-0.39, 0.29) is 5.91 Å². The predicted octanol–water partition coefficient (Wildman–Crippen LogP) is 2.38. The van der Waals surface area contributed by atoms with E-state index in [2.05, 4.69) is 45.3 Å². The fourth-order valence-electron chi connectivity index (χ4n) is 5.12. The van der Waals surface area contributed by atoms with Crippen molar-refractivity contribution in [2.75, 3.05) is 19.6 Å². The standard InChI is InChI=1S/C19H21N3O2/c23-19(16-8-11-24-20-16)22-12-15(13-4-2-1-3-5-13)18-17(22)14-6-9-21(18)10-7-14/h1-5,8,11,14-15,17-18H,6-7,9-10,12H2/t15-,17-,18-/m1/s1. The van der Waals surface area contributed by atoms with Crippen molar-refractivity contribution in [2.24, 2.45) is 5.92 Å². The lowest BCUT2D eigenvalue weighted by Crippen LogP contribution is -2.60. The van der Waals surface area contributed by atoms with E-state index in [1.165, 1.54) is 37.8 Å². The molecule has 1 aromatic carbocycles. The smallest absolute Gasteiger partial charge is 0.276 e. The van der Waals surface area contributed by atoms with E-state index in [1.807, 2.05) is 0 Å². The first-order valence-corrected chi connectivity index (χ1v) is 8.83. The zero-order valence-corrected chi connectivity index (χ0v) is 13.5. The van der Waals surface area contributed by atoms with E-state index < -0.39 is 0 Å². The Hall–Kier alpha value is -2.14. The highest BCUT2D eigenvalue weighted by molar-refractivity contribution is 5.92. The molecule has 124 valence electrons. The minimum absolute atomic E-state index is 0.0194. The molecule has 5 nitrogen and oxygen atoms in total. The quantitative estimate of drug-likeness (QED) is 0.851. The van der Waals surface area contributed by atoms with Crippen molar-refractivity contribution in [3.8, 4) is 0 Å². The van der Waals surface area contributed by atoms with Gasteiger partial charge >= 0.3 is 0 Å². The molecule has 0 aliphatic carbocycles. The van der Waals surface area contributed by atoms with Crippen LogP contribution in [-0.2, 0) is 0 Å². The Morgan fingerprint density at radius 3 is 2.58 bits per heavy atom. The Balaban J connectivity index is 1.54. The molecule has 0 radical (unpaired) electrons. The van der Waals surface area contributed by atoms with Crippen LogP contribution in [0.1, 0.15) is 34.8 Å². The van der Waals surface area contributed by atoms with Crippen LogP contribution in [0.3, 0.4) is 0 Å². The van der Waals surface area contributed by atoms with E-state index in [0.29, 0.717) is 29.6 Å². The fraction of sp³-hybridized carbons (Fsp3) is 0.474. The summed E-state index contributed by atoms with van der Waals surface area (Å²) in [7, 11) is 0. The first-order chi connectivity index (χ1) is 11.8. The molecule has 4 aliphatic heterocycles. The number of benzene rings is 1. The highest BCUT2D eigenvalue weighted by Crippen LogP contribution is 2.46.